The molecule has 0 unspecified atom stereocenters. The first-order chi connectivity index (χ1) is 13.0. The predicted octanol–water partition coefficient (Wildman–Crippen LogP) is 2.20. The van der Waals surface area contributed by atoms with Crippen molar-refractivity contribution in [1.29, 1.82) is 5.26 Å². The van der Waals surface area contributed by atoms with Crippen molar-refractivity contribution in [3.63, 3.8) is 0 Å². The highest BCUT2D eigenvalue weighted by molar-refractivity contribution is 7.80. The number of non-ortho nitro benzene ring substituents is 1. The van der Waals surface area contributed by atoms with E-state index < -0.39 is 10.8 Å². The molecule has 0 spiro atoms. The van der Waals surface area contributed by atoms with Crippen LogP contribution in [0.4, 0.5) is 5.69 Å². The predicted molar refractivity (Wildman–Crippen MR) is 104 cm³/mol. The molecule has 136 valence electrons. The van der Waals surface area contributed by atoms with Gasteiger partial charge in [0.2, 0.25) is 0 Å². The van der Waals surface area contributed by atoms with E-state index >= 15 is 0 Å². The number of amides is 1. The zero-order chi connectivity index (χ0) is 19.6. The Morgan fingerprint density at radius 3 is 2.59 bits per heavy atom. The van der Waals surface area contributed by atoms with Gasteiger partial charge in [0.15, 0.2) is 5.11 Å². The Morgan fingerprint density at radius 2 is 1.93 bits per heavy atom. The summed E-state index contributed by atoms with van der Waals surface area (Å²) in [5.74, 6) is -0.715. The Kier molecular flexibility index (Phi) is 6.99. The first-order valence-electron chi connectivity index (χ1n) is 7.74. The van der Waals surface area contributed by atoms with Gasteiger partial charge in [0, 0.05) is 18.7 Å². The van der Waals surface area contributed by atoms with Gasteiger partial charge in [-0.2, -0.15) is 5.26 Å². The van der Waals surface area contributed by atoms with E-state index in [4.69, 9.17) is 17.5 Å². The number of nitrogens with zero attached hydrogens (tertiary/aromatic N) is 2. The molecule has 3 N–H and O–H groups in total. The summed E-state index contributed by atoms with van der Waals surface area (Å²) in [4.78, 5) is 22.3. The number of carbonyl (C=O) groups excluding carboxylic acids is 1. The van der Waals surface area contributed by atoms with Crippen molar-refractivity contribution in [2.45, 2.75) is 6.54 Å². The summed E-state index contributed by atoms with van der Waals surface area (Å²) < 4.78 is 0. The van der Waals surface area contributed by atoms with Crippen LogP contribution in [0.3, 0.4) is 0 Å². The van der Waals surface area contributed by atoms with Crippen molar-refractivity contribution >= 4 is 35.0 Å². The average Bonchev–Trinajstić information content (AvgIpc) is 2.69. The zero-order valence-corrected chi connectivity index (χ0v) is 14.8. The number of nitriles is 1. The number of nitro groups is 1. The maximum Gasteiger partial charge on any atom is 0.280 e. The van der Waals surface area contributed by atoms with Crippen LogP contribution in [0.5, 0.6) is 0 Å². The van der Waals surface area contributed by atoms with Crippen LogP contribution in [0.25, 0.3) is 6.08 Å². The van der Waals surface area contributed by atoms with Crippen molar-refractivity contribution in [3.05, 3.63) is 81.4 Å². The summed E-state index contributed by atoms with van der Waals surface area (Å²) in [7, 11) is 0. The molecule has 0 atom stereocenters. The van der Waals surface area contributed by atoms with E-state index in [-0.39, 0.29) is 16.4 Å². The molecule has 0 aliphatic heterocycles. The second kappa shape index (κ2) is 9.65. The summed E-state index contributed by atoms with van der Waals surface area (Å²) in [6, 6.07) is 16.9. The molecule has 0 saturated carbocycles. The van der Waals surface area contributed by atoms with Gasteiger partial charge in [0.25, 0.3) is 11.6 Å². The number of hydrazine groups is 1. The summed E-state index contributed by atoms with van der Waals surface area (Å²) in [6.07, 6.45) is 1.25. The zero-order valence-electron chi connectivity index (χ0n) is 14.0. The Labute approximate surface area is 160 Å². The minimum Gasteiger partial charge on any atom is -0.357 e. The van der Waals surface area contributed by atoms with Crippen LogP contribution >= 0.6 is 12.2 Å². The molecule has 0 saturated heterocycles. The van der Waals surface area contributed by atoms with Gasteiger partial charge >= 0.3 is 0 Å². The van der Waals surface area contributed by atoms with Crippen molar-refractivity contribution in [2.24, 2.45) is 0 Å². The van der Waals surface area contributed by atoms with E-state index in [1.807, 2.05) is 30.3 Å². The number of benzene rings is 2. The third-order valence-corrected chi connectivity index (χ3v) is 3.59. The van der Waals surface area contributed by atoms with Gasteiger partial charge in [0.1, 0.15) is 11.6 Å². The van der Waals surface area contributed by atoms with Gasteiger partial charge < -0.3 is 5.32 Å². The maximum absolute atomic E-state index is 12.1. The molecule has 2 rings (SSSR count). The van der Waals surface area contributed by atoms with E-state index in [9.17, 15) is 14.9 Å². The van der Waals surface area contributed by atoms with Gasteiger partial charge in [-0.1, -0.05) is 42.5 Å². The van der Waals surface area contributed by atoms with Crippen LogP contribution in [0, 0.1) is 21.4 Å². The molecule has 0 fully saturated rings. The summed E-state index contributed by atoms with van der Waals surface area (Å²) in [5, 5.41) is 23.0. The first-order valence-corrected chi connectivity index (χ1v) is 8.15. The lowest BCUT2D eigenvalue weighted by Crippen LogP contribution is -2.46. The lowest BCUT2D eigenvalue weighted by Gasteiger charge is -2.11. The van der Waals surface area contributed by atoms with Crippen LogP contribution in [0.1, 0.15) is 11.1 Å². The molecule has 0 radical (unpaired) electrons. The highest BCUT2D eigenvalue weighted by Gasteiger charge is 2.11. The molecule has 0 bridgehead atoms. The molecular weight excluding hydrogens is 366 g/mol. The van der Waals surface area contributed by atoms with E-state index in [2.05, 4.69) is 16.2 Å². The molecule has 2 aromatic carbocycles. The van der Waals surface area contributed by atoms with Crippen LogP contribution in [-0.2, 0) is 11.3 Å². The number of nitrogens with one attached hydrogen (secondary N) is 3. The smallest absolute Gasteiger partial charge is 0.280 e. The molecule has 2 aromatic rings. The molecule has 8 nitrogen and oxygen atoms in total. The maximum atomic E-state index is 12.1. The molecule has 27 heavy (non-hydrogen) atoms. The normalized spacial score (nSPS) is 10.4. The van der Waals surface area contributed by atoms with Crippen molar-refractivity contribution < 1.29 is 9.72 Å². The van der Waals surface area contributed by atoms with Gasteiger partial charge in [-0.3, -0.25) is 25.8 Å². The van der Waals surface area contributed by atoms with E-state index in [0.717, 1.165) is 5.56 Å². The molecule has 0 aliphatic rings. The quantitative estimate of drug-likeness (QED) is 0.239. The third-order valence-electron chi connectivity index (χ3n) is 3.34. The number of nitro benzene ring substituents is 1. The van der Waals surface area contributed by atoms with Crippen LogP contribution in [-0.4, -0.2) is 15.9 Å². The molecule has 9 heteroatoms. The minimum absolute atomic E-state index is 0.133. The molecular formula is C18H15N5O3S. The highest BCUT2D eigenvalue weighted by Crippen LogP contribution is 2.15. The highest BCUT2D eigenvalue weighted by atomic mass is 32.1. The lowest BCUT2D eigenvalue weighted by molar-refractivity contribution is -0.384. The topological polar surface area (TPSA) is 120 Å². The second-order valence-electron chi connectivity index (χ2n) is 5.27. The second-order valence-corrected chi connectivity index (χ2v) is 5.68. The number of carbonyl (C=O) groups is 1. The van der Waals surface area contributed by atoms with E-state index in [1.165, 1.54) is 24.3 Å². The third kappa shape index (κ3) is 6.22. The molecule has 0 aromatic heterocycles. The Morgan fingerprint density at radius 1 is 1.19 bits per heavy atom. The van der Waals surface area contributed by atoms with E-state index in [0.29, 0.717) is 12.1 Å². The fourth-order valence-electron chi connectivity index (χ4n) is 2.05. The van der Waals surface area contributed by atoms with Crippen LogP contribution < -0.4 is 16.2 Å². The fraction of sp³-hybridized carbons (Fsp3) is 0.0556. The lowest BCUT2D eigenvalue weighted by atomic mass is 10.1. The van der Waals surface area contributed by atoms with Gasteiger partial charge in [-0.05, 0) is 29.4 Å². The monoisotopic (exact) mass is 381 g/mol. The SMILES string of the molecule is N#C/C(=C\c1cccc([N+](=O)[O-])c1)C(=O)NNC(=S)NCc1ccccc1. The molecule has 0 aliphatic carbocycles. The average molecular weight is 381 g/mol. The Hall–Kier alpha value is -3.77. The summed E-state index contributed by atoms with van der Waals surface area (Å²) >= 11 is 5.06. The minimum atomic E-state index is -0.715. The Bertz CT molecular complexity index is 922. The van der Waals surface area contributed by atoms with Gasteiger partial charge in [-0.25, -0.2) is 0 Å². The number of rotatable bonds is 5. The van der Waals surface area contributed by atoms with Crippen molar-refractivity contribution in [2.75, 3.05) is 0 Å². The summed E-state index contributed by atoms with van der Waals surface area (Å²) in [6.45, 7) is 0.469. The van der Waals surface area contributed by atoms with E-state index in [1.54, 1.807) is 12.1 Å². The molecule has 1 amide bonds. The summed E-state index contributed by atoms with van der Waals surface area (Å²) in [5.41, 5.74) is 5.82. The number of hydrogen-bond acceptors (Lipinski definition) is 5. The van der Waals surface area contributed by atoms with Gasteiger partial charge in [-0.15, -0.1) is 0 Å². The van der Waals surface area contributed by atoms with Crippen LogP contribution in [0.15, 0.2) is 60.2 Å². The van der Waals surface area contributed by atoms with Crippen LogP contribution in [0.2, 0.25) is 0 Å². The fourth-order valence-corrected chi connectivity index (χ4v) is 2.17. The van der Waals surface area contributed by atoms with Crippen molar-refractivity contribution in [3.8, 4) is 6.07 Å². The largest absolute Gasteiger partial charge is 0.357 e. The first kappa shape index (κ1) is 19.6. The molecule has 0 heterocycles. The number of hydrogen-bond donors (Lipinski definition) is 3. The number of thiocarbonyl (C=S) groups is 1. The Balaban J connectivity index is 1.93. The standard InChI is InChI=1S/C18H15N5O3S/c19-11-15(9-14-7-4-8-16(10-14)23(25)26)17(24)21-22-18(27)20-12-13-5-2-1-3-6-13/h1-10H,12H2,(H,21,24)(H2,20,22,27)/b15-9+. The van der Waals surface area contributed by atoms with Crippen molar-refractivity contribution in [1.82, 2.24) is 16.2 Å². The van der Waals surface area contributed by atoms with Gasteiger partial charge in [0.05, 0.1) is 4.92 Å².